The lowest BCUT2D eigenvalue weighted by Crippen LogP contribution is -2.15. The van der Waals surface area contributed by atoms with Gasteiger partial charge >= 0.3 is 6.16 Å². The van der Waals surface area contributed by atoms with E-state index in [9.17, 15) is 18.3 Å². The second kappa shape index (κ2) is 7.29. The molecule has 1 aromatic heterocycles. The van der Waals surface area contributed by atoms with E-state index in [4.69, 9.17) is 9.84 Å². The van der Waals surface area contributed by atoms with E-state index in [1.807, 2.05) is 0 Å². The van der Waals surface area contributed by atoms with Gasteiger partial charge in [0.25, 0.3) is 10.0 Å². The average molecular weight is 405 g/mol. The Morgan fingerprint density at radius 3 is 2.41 bits per heavy atom. The molecule has 9 heteroatoms. The first kappa shape index (κ1) is 18.7. The topological polar surface area (TPSA) is 113 Å². The summed E-state index contributed by atoms with van der Waals surface area (Å²) < 4.78 is 32.6. The molecule has 0 spiro atoms. The van der Waals surface area contributed by atoms with Gasteiger partial charge in [0, 0.05) is 4.88 Å². The number of phenols is 1. The smallest absolute Gasteiger partial charge is 0.508 e. The van der Waals surface area contributed by atoms with E-state index in [0.29, 0.717) is 16.0 Å². The normalized spacial score (nSPS) is 11.1. The number of anilines is 1. The van der Waals surface area contributed by atoms with Crippen LogP contribution in [-0.4, -0.2) is 24.8 Å². The SMILES string of the molecule is Cc1ccccc1S(=O)(=O)Nc1cc(-c2ccc(O)cc2)sc1OC(=O)O. The van der Waals surface area contributed by atoms with E-state index in [1.54, 1.807) is 37.3 Å². The zero-order valence-corrected chi connectivity index (χ0v) is 15.7. The summed E-state index contributed by atoms with van der Waals surface area (Å²) in [7, 11) is -3.93. The molecule has 0 bridgehead atoms. The number of thiophene rings is 1. The molecule has 0 saturated carbocycles. The van der Waals surface area contributed by atoms with E-state index < -0.39 is 16.2 Å². The van der Waals surface area contributed by atoms with E-state index in [-0.39, 0.29) is 21.4 Å². The Bertz CT molecular complexity index is 1090. The molecule has 0 aliphatic heterocycles. The third kappa shape index (κ3) is 4.21. The molecule has 0 aliphatic rings. The van der Waals surface area contributed by atoms with Crippen LogP contribution < -0.4 is 9.46 Å². The Balaban J connectivity index is 2.02. The number of phenolic OH excluding ortho intramolecular Hbond substituents is 1. The Morgan fingerprint density at radius 1 is 1.11 bits per heavy atom. The largest absolute Gasteiger partial charge is 0.512 e. The lowest BCUT2D eigenvalue weighted by atomic mass is 10.2. The Labute approximate surface area is 159 Å². The number of rotatable bonds is 5. The number of hydrogen-bond acceptors (Lipinski definition) is 6. The lowest BCUT2D eigenvalue weighted by Gasteiger charge is -2.10. The van der Waals surface area contributed by atoms with Crippen LogP contribution in [0.3, 0.4) is 0 Å². The predicted octanol–water partition coefficient (Wildman–Crippen LogP) is 4.29. The van der Waals surface area contributed by atoms with Crippen molar-refractivity contribution < 1.29 is 28.2 Å². The first-order valence-electron chi connectivity index (χ1n) is 7.69. The summed E-state index contributed by atoms with van der Waals surface area (Å²) >= 11 is 0.975. The van der Waals surface area contributed by atoms with E-state index >= 15 is 0 Å². The van der Waals surface area contributed by atoms with E-state index in [0.717, 1.165) is 11.3 Å². The number of hydrogen-bond donors (Lipinski definition) is 3. The van der Waals surface area contributed by atoms with Gasteiger partial charge in [-0.3, -0.25) is 4.72 Å². The molecule has 0 fully saturated rings. The van der Waals surface area contributed by atoms with E-state index in [1.165, 1.54) is 24.3 Å². The summed E-state index contributed by atoms with van der Waals surface area (Å²) in [4.78, 5) is 11.6. The van der Waals surface area contributed by atoms with Gasteiger partial charge in [-0.05, 0) is 54.4 Å². The number of aryl methyl sites for hydroxylation is 1. The molecule has 3 rings (SSSR count). The number of aromatic hydroxyl groups is 1. The highest BCUT2D eigenvalue weighted by molar-refractivity contribution is 7.92. The maximum atomic E-state index is 12.7. The monoisotopic (exact) mass is 405 g/mol. The highest BCUT2D eigenvalue weighted by Gasteiger charge is 2.22. The Hall–Kier alpha value is -3.04. The third-order valence-corrected chi connectivity index (χ3v) is 6.25. The number of carboxylic acid groups (broad SMARTS) is 1. The minimum absolute atomic E-state index is 0.0220. The molecule has 0 saturated heterocycles. The fourth-order valence-corrected chi connectivity index (χ4v) is 4.75. The molecule has 3 N–H and O–H groups in total. The molecule has 0 unspecified atom stereocenters. The second-order valence-corrected chi connectivity index (χ2v) is 8.26. The van der Waals surface area contributed by atoms with Gasteiger partial charge in [-0.15, -0.1) is 0 Å². The maximum absolute atomic E-state index is 12.7. The number of ether oxygens (including phenoxy) is 1. The van der Waals surface area contributed by atoms with Crippen LogP contribution in [-0.2, 0) is 10.0 Å². The van der Waals surface area contributed by atoms with Crippen molar-refractivity contribution >= 4 is 33.2 Å². The molecule has 7 nitrogen and oxygen atoms in total. The van der Waals surface area contributed by atoms with Crippen LogP contribution in [0.25, 0.3) is 10.4 Å². The van der Waals surface area contributed by atoms with Crippen LogP contribution in [0.2, 0.25) is 0 Å². The second-order valence-electron chi connectivity index (χ2n) is 5.60. The van der Waals surface area contributed by atoms with Crippen molar-refractivity contribution in [1.29, 1.82) is 0 Å². The van der Waals surface area contributed by atoms with Crippen LogP contribution in [0.15, 0.2) is 59.5 Å². The van der Waals surface area contributed by atoms with Crippen LogP contribution in [0.4, 0.5) is 10.5 Å². The van der Waals surface area contributed by atoms with Gasteiger partial charge in [-0.25, -0.2) is 13.2 Å². The molecule has 1 heterocycles. The first-order valence-corrected chi connectivity index (χ1v) is 9.99. The lowest BCUT2D eigenvalue weighted by molar-refractivity contribution is 0.146. The van der Waals surface area contributed by atoms with Crippen molar-refractivity contribution in [2.75, 3.05) is 4.72 Å². The maximum Gasteiger partial charge on any atom is 0.512 e. The van der Waals surface area contributed by atoms with Crippen molar-refractivity contribution in [3.05, 3.63) is 60.2 Å². The third-order valence-electron chi connectivity index (χ3n) is 3.66. The summed E-state index contributed by atoms with van der Waals surface area (Å²) in [5.74, 6) is 0.0813. The van der Waals surface area contributed by atoms with Gasteiger partial charge in [-0.1, -0.05) is 29.5 Å². The molecular weight excluding hydrogens is 390 g/mol. The highest BCUT2D eigenvalue weighted by Crippen LogP contribution is 2.42. The Morgan fingerprint density at radius 2 is 1.78 bits per heavy atom. The van der Waals surface area contributed by atoms with Crippen LogP contribution >= 0.6 is 11.3 Å². The fraction of sp³-hybridized carbons (Fsp3) is 0.0556. The fourth-order valence-electron chi connectivity index (χ4n) is 2.43. The summed E-state index contributed by atoms with van der Waals surface area (Å²) in [6, 6.07) is 14.2. The minimum atomic E-state index is -3.93. The van der Waals surface area contributed by atoms with Gasteiger partial charge in [0.1, 0.15) is 11.4 Å². The van der Waals surface area contributed by atoms with Crippen molar-refractivity contribution in [1.82, 2.24) is 0 Å². The van der Waals surface area contributed by atoms with Crippen LogP contribution in [0.1, 0.15) is 5.56 Å². The quantitative estimate of drug-likeness (QED) is 0.546. The van der Waals surface area contributed by atoms with Crippen molar-refractivity contribution in [2.24, 2.45) is 0 Å². The average Bonchev–Trinajstić information content (AvgIpc) is 2.97. The number of carbonyl (C=O) groups is 1. The molecule has 27 heavy (non-hydrogen) atoms. The molecule has 0 radical (unpaired) electrons. The molecule has 0 amide bonds. The standard InChI is InChI=1S/C18H15NO6S2/c1-11-4-2-3-5-16(11)27(23,24)19-14-10-15(26-17(14)25-18(21)22)12-6-8-13(20)9-7-12/h2-10,19-20H,1H3,(H,21,22). The van der Waals surface area contributed by atoms with Gasteiger partial charge in [-0.2, -0.15) is 0 Å². The van der Waals surface area contributed by atoms with Gasteiger partial charge in [0.2, 0.25) is 5.06 Å². The molecule has 140 valence electrons. The zero-order chi connectivity index (χ0) is 19.6. The minimum Gasteiger partial charge on any atom is -0.508 e. The zero-order valence-electron chi connectivity index (χ0n) is 14.0. The van der Waals surface area contributed by atoms with Crippen molar-refractivity contribution in [3.63, 3.8) is 0 Å². The highest BCUT2D eigenvalue weighted by atomic mass is 32.2. The van der Waals surface area contributed by atoms with Crippen LogP contribution in [0.5, 0.6) is 10.8 Å². The summed E-state index contributed by atoms with van der Waals surface area (Å²) in [5.41, 5.74) is 1.25. The number of nitrogens with one attached hydrogen (secondary N) is 1. The van der Waals surface area contributed by atoms with Crippen molar-refractivity contribution in [2.45, 2.75) is 11.8 Å². The molecule has 2 aromatic carbocycles. The number of benzene rings is 2. The molecular formula is C18H15NO6S2. The number of sulfonamides is 1. The predicted molar refractivity (Wildman–Crippen MR) is 102 cm³/mol. The summed E-state index contributed by atoms with van der Waals surface area (Å²) in [5, 5.41) is 18.2. The molecule has 0 atom stereocenters. The molecule has 3 aromatic rings. The van der Waals surface area contributed by atoms with Crippen LogP contribution in [0, 0.1) is 6.92 Å². The van der Waals surface area contributed by atoms with Gasteiger partial charge in [0.05, 0.1) is 4.90 Å². The van der Waals surface area contributed by atoms with Gasteiger partial charge < -0.3 is 14.9 Å². The Kier molecular flexibility index (Phi) is 5.06. The summed E-state index contributed by atoms with van der Waals surface area (Å²) in [6.07, 6.45) is -1.55. The van der Waals surface area contributed by atoms with Gasteiger partial charge in [0.15, 0.2) is 0 Å². The van der Waals surface area contributed by atoms with Crippen molar-refractivity contribution in [3.8, 4) is 21.3 Å². The first-order chi connectivity index (χ1) is 12.8. The molecule has 0 aliphatic carbocycles. The summed E-state index contributed by atoms with van der Waals surface area (Å²) in [6.45, 7) is 1.67. The van der Waals surface area contributed by atoms with E-state index in [2.05, 4.69) is 4.72 Å².